The van der Waals surface area contributed by atoms with Crippen molar-refractivity contribution < 1.29 is 14.3 Å². The molecule has 2 aromatic rings. The molecule has 25 heavy (non-hydrogen) atoms. The largest absolute Gasteiger partial charge is 0.491 e. The zero-order valence-electron chi connectivity index (χ0n) is 14.9. The molecule has 0 aliphatic carbocycles. The van der Waals surface area contributed by atoms with Gasteiger partial charge in [-0.3, -0.25) is 0 Å². The Balaban J connectivity index is 1.52. The van der Waals surface area contributed by atoms with Gasteiger partial charge in [-0.05, 0) is 61.5 Å². The monoisotopic (exact) mass is 409 g/mol. The van der Waals surface area contributed by atoms with E-state index in [2.05, 4.69) is 20.9 Å². The molecule has 0 radical (unpaired) electrons. The molecule has 0 N–H and O–H groups in total. The fourth-order valence-corrected chi connectivity index (χ4v) is 3.33. The van der Waals surface area contributed by atoms with Gasteiger partial charge in [-0.15, -0.1) is 0 Å². The van der Waals surface area contributed by atoms with Crippen LogP contribution in [0.4, 0.5) is 4.79 Å². The average molecular weight is 410 g/mol. The molecule has 6 nitrogen and oxygen atoms in total. The third-order valence-corrected chi connectivity index (χ3v) is 4.62. The molecule has 0 spiro atoms. The van der Waals surface area contributed by atoms with Crippen LogP contribution in [0.1, 0.15) is 33.6 Å². The van der Waals surface area contributed by atoms with Crippen molar-refractivity contribution in [3.63, 3.8) is 0 Å². The van der Waals surface area contributed by atoms with Crippen LogP contribution in [0.3, 0.4) is 0 Å². The van der Waals surface area contributed by atoms with E-state index < -0.39 is 5.60 Å². The Morgan fingerprint density at radius 1 is 1.36 bits per heavy atom. The number of hydrogen-bond acceptors (Lipinski definition) is 4. The van der Waals surface area contributed by atoms with Gasteiger partial charge < -0.3 is 18.8 Å². The summed E-state index contributed by atoms with van der Waals surface area (Å²) >= 11 is 3.49. The van der Waals surface area contributed by atoms with Crippen LogP contribution in [-0.2, 0) is 4.74 Å². The lowest BCUT2D eigenvalue weighted by atomic mass is 9.98. The van der Waals surface area contributed by atoms with Crippen LogP contribution in [0.5, 0.6) is 5.75 Å². The molecule has 0 bridgehead atoms. The number of nitrogens with zero attached hydrogens (tertiary/aromatic N) is 3. The van der Waals surface area contributed by atoms with Crippen LogP contribution < -0.4 is 4.74 Å². The summed E-state index contributed by atoms with van der Waals surface area (Å²) in [7, 11) is 0. The molecule has 1 amide bonds. The van der Waals surface area contributed by atoms with Crippen molar-refractivity contribution in [2.24, 2.45) is 5.92 Å². The van der Waals surface area contributed by atoms with E-state index in [1.54, 1.807) is 17.4 Å². The maximum Gasteiger partial charge on any atom is 0.410 e. The number of hydrogen-bond donors (Lipinski definition) is 0. The molecule has 1 aliphatic rings. The van der Waals surface area contributed by atoms with E-state index in [1.807, 2.05) is 37.4 Å². The van der Waals surface area contributed by atoms with Crippen molar-refractivity contribution in [2.45, 2.75) is 39.2 Å². The van der Waals surface area contributed by atoms with E-state index >= 15 is 0 Å². The van der Waals surface area contributed by atoms with Crippen molar-refractivity contribution in [2.75, 3.05) is 19.7 Å². The molecule has 0 atom stereocenters. The van der Waals surface area contributed by atoms with Crippen molar-refractivity contribution in [1.82, 2.24) is 14.3 Å². The van der Waals surface area contributed by atoms with Gasteiger partial charge in [0.05, 0.1) is 19.1 Å². The first-order chi connectivity index (χ1) is 11.8. The van der Waals surface area contributed by atoms with Gasteiger partial charge in [0.25, 0.3) is 0 Å². The van der Waals surface area contributed by atoms with Crippen molar-refractivity contribution in [3.05, 3.63) is 29.3 Å². The Morgan fingerprint density at radius 3 is 2.76 bits per heavy atom. The second-order valence-corrected chi connectivity index (χ2v) is 8.35. The van der Waals surface area contributed by atoms with Gasteiger partial charge in [-0.25, -0.2) is 9.78 Å². The van der Waals surface area contributed by atoms with Gasteiger partial charge in [0.15, 0.2) is 0 Å². The van der Waals surface area contributed by atoms with E-state index in [1.165, 1.54) is 0 Å². The number of rotatable bonds is 3. The van der Waals surface area contributed by atoms with E-state index in [0.29, 0.717) is 25.6 Å². The first-order valence-electron chi connectivity index (χ1n) is 8.54. The molecule has 0 aromatic carbocycles. The number of amides is 1. The molecule has 1 aliphatic heterocycles. The quantitative estimate of drug-likeness (QED) is 0.764. The van der Waals surface area contributed by atoms with Crippen LogP contribution in [-0.4, -0.2) is 45.7 Å². The number of aromatic nitrogens is 2. The fraction of sp³-hybridized carbons (Fsp3) is 0.556. The van der Waals surface area contributed by atoms with Crippen molar-refractivity contribution >= 4 is 27.5 Å². The number of carbonyl (C=O) groups excluding carboxylic acids is 1. The molecule has 3 rings (SSSR count). The minimum absolute atomic E-state index is 0.222. The van der Waals surface area contributed by atoms with Crippen molar-refractivity contribution in [1.29, 1.82) is 0 Å². The zero-order chi connectivity index (χ0) is 18.0. The lowest BCUT2D eigenvalue weighted by molar-refractivity contribution is 0.0165. The number of halogens is 1. The Labute approximate surface area is 156 Å². The average Bonchev–Trinajstić information content (AvgIpc) is 2.99. The van der Waals surface area contributed by atoms with E-state index in [-0.39, 0.29) is 6.09 Å². The molecular weight excluding hydrogens is 386 g/mol. The lowest BCUT2D eigenvalue weighted by Gasteiger charge is -2.33. The molecule has 1 fully saturated rings. The van der Waals surface area contributed by atoms with Gasteiger partial charge in [0.1, 0.15) is 16.9 Å². The summed E-state index contributed by atoms with van der Waals surface area (Å²) in [5.41, 5.74) is 0.503. The molecule has 0 saturated carbocycles. The number of carbonyl (C=O) groups is 1. The second-order valence-electron chi connectivity index (χ2n) is 7.43. The van der Waals surface area contributed by atoms with E-state index in [4.69, 9.17) is 9.47 Å². The molecule has 7 heteroatoms. The Kier molecular flexibility index (Phi) is 5.22. The highest BCUT2D eigenvalue weighted by Gasteiger charge is 2.27. The number of imidazole rings is 1. The lowest BCUT2D eigenvalue weighted by Crippen LogP contribution is -2.42. The maximum atomic E-state index is 12.1. The van der Waals surface area contributed by atoms with Crippen LogP contribution in [0, 0.1) is 5.92 Å². The first kappa shape index (κ1) is 18.0. The van der Waals surface area contributed by atoms with Crippen LogP contribution in [0.25, 0.3) is 5.52 Å². The fourth-order valence-electron chi connectivity index (χ4n) is 2.90. The number of ether oxygens (including phenoxy) is 2. The van der Waals surface area contributed by atoms with Crippen LogP contribution in [0.2, 0.25) is 0 Å². The van der Waals surface area contributed by atoms with Gasteiger partial charge in [-0.1, -0.05) is 0 Å². The molecule has 3 heterocycles. The Bertz CT molecular complexity index is 746. The Morgan fingerprint density at radius 2 is 2.08 bits per heavy atom. The summed E-state index contributed by atoms with van der Waals surface area (Å²) in [6, 6.07) is 1.97. The van der Waals surface area contributed by atoms with Gasteiger partial charge in [0, 0.05) is 23.8 Å². The number of likely N-dealkylation sites (tertiary alicyclic amines) is 1. The zero-order valence-corrected chi connectivity index (χ0v) is 16.5. The third kappa shape index (κ3) is 4.66. The van der Waals surface area contributed by atoms with Crippen LogP contribution in [0.15, 0.2) is 29.3 Å². The first-order valence-corrected chi connectivity index (χ1v) is 9.33. The molecule has 1 saturated heterocycles. The number of piperidine rings is 1. The second kappa shape index (κ2) is 7.23. The minimum Gasteiger partial charge on any atom is -0.491 e. The maximum absolute atomic E-state index is 12.1. The van der Waals surface area contributed by atoms with E-state index in [0.717, 1.165) is 28.6 Å². The highest BCUT2D eigenvalue weighted by Crippen LogP contribution is 2.26. The van der Waals surface area contributed by atoms with Gasteiger partial charge in [-0.2, -0.15) is 0 Å². The molecule has 2 aromatic heterocycles. The summed E-state index contributed by atoms with van der Waals surface area (Å²) < 4.78 is 14.4. The predicted octanol–water partition coefficient (Wildman–Crippen LogP) is 4.12. The third-order valence-electron chi connectivity index (χ3n) is 4.19. The highest BCUT2D eigenvalue weighted by atomic mass is 79.9. The molecular formula is C18H24BrN3O3. The molecule has 0 unspecified atom stereocenters. The summed E-state index contributed by atoms with van der Waals surface area (Å²) in [5.74, 6) is 1.25. The topological polar surface area (TPSA) is 56.1 Å². The van der Waals surface area contributed by atoms with Crippen molar-refractivity contribution in [3.8, 4) is 5.75 Å². The summed E-state index contributed by atoms with van der Waals surface area (Å²) in [6.45, 7) is 7.73. The Hall–Kier alpha value is -1.76. The standard InChI is InChI=1S/C18H24BrN3O3/c1-18(2,3)25-17(23)21-6-4-13(5-7-21)11-24-16-8-14(19)10-22-12-20-9-15(16)22/h8-10,12-13H,4-7,11H2,1-3H3. The summed E-state index contributed by atoms with van der Waals surface area (Å²) in [4.78, 5) is 18.1. The smallest absolute Gasteiger partial charge is 0.410 e. The normalized spacial score (nSPS) is 16.2. The highest BCUT2D eigenvalue weighted by molar-refractivity contribution is 9.10. The SMILES string of the molecule is CC(C)(C)OC(=O)N1CCC(COc2cc(Br)cn3cncc23)CC1. The van der Waals surface area contributed by atoms with Crippen LogP contribution >= 0.6 is 15.9 Å². The number of pyridine rings is 1. The molecule has 136 valence electrons. The van der Waals surface area contributed by atoms with Gasteiger partial charge >= 0.3 is 6.09 Å². The summed E-state index contributed by atoms with van der Waals surface area (Å²) in [6.07, 6.45) is 7.12. The van der Waals surface area contributed by atoms with E-state index in [9.17, 15) is 4.79 Å². The summed E-state index contributed by atoms with van der Waals surface area (Å²) in [5, 5.41) is 0. The minimum atomic E-state index is -0.450. The van der Waals surface area contributed by atoms with Gasteiger partial charge in [0.2, 0.25) is 0 Å². The number of fused-ring (bicyclic) bond motifs is 1. The predicted molar refractivity (Wildman–Crippen MR) is 98.9 cm³/mol.